The van der Waals surface area contributed by atoms with Crippen LogP contribution in [0.4, 0.5) is 0 Å². The van der Waals surface area contributed by atoms with E-state index >= 15 is 0 Å². The molecule has 1 atom stereocenters. The predicted molar refractivity (Wildman–Crippen MR) is 91.9 cm³/mol. The van der Waals surface area contributed by atoms with E-state index in [2.05, 4.69) is 82.0 Å². The summed E-state index contributed by atoms with van der Waals surface area (Å²) < 4.78 is 0. The quantitative estimate of drug-likeness (QED) is 0.742. The van der Waals surface area contributed by atoms with Crippen molar-refractivity contribution in [2.45, 2.75) is 40.7 Å². The fourth-order valence-electron chi connectivity index (χ4n) is 3.16. The topological polar surface area (TPSA) is 3.24 Å². The van der Waals surface area contributed by atoms with Gasteiger partial charge in [0.25, 0.3) is 0 Å². The maximum atomic E-state index is 2.54. The summed E-state index contributed by atoms with van der Waals surface area (Å²) in [5, 5.41) is 0. The molecule has 0 heterocycles. The summed E-state index contributed by atoms with van der Waals surface area (Å²) in [6.45, 7) is 13.2. The summed E-state index contributed by atoms with van der Waals surface area (Å²) in [4.78, 5) is 2.54. The Morgan fingerprint density at radius 3 is 1.81 bits per heavy atom. The lowest BCUT2D eigenvalue weighted by atomic mass is 9.89. The van der Waals surface area contributed by atoms with E-state index in [1.165, 1.54) is 27.8 Å². The van der Waals surface area contributed by atoms with Crippen molar-refractivity contribution in [3.05, 3.63) is 70.3 Å². The van der Waals surface area contributed by atoms with Crippen molar-refractivity contribution < 1.29 is 0 Å². The largest absolute Gasteiger partial charge is 0.293 e. The summed E-state index contributed by atoms with van der Waals surface area (Å²) in [5.74, 6) is 0. The molecule has 0 aromatic heterocycles. The van der Waals surface area contributed by atoms with Crippen molar-refractivity contribution in [1.29, 1.82) is 0 Å². The minimum absolute atomic E-state index is 0.349. The van der Waals surface area contributed by atoms with Gasteiger partial charge in [-0.1, -0.05) is 61.9 Å². The van der Waals surface area contributed by atoms with Crippen LogP contribution in [0.15, 0.2) is 42.5 Å². The number of hydrogen-bond acceptors (Lipinski definition) is 1. The maximum Gasteiger partial charge on any atom is 0.0606 e. The Kier molecular flexibility index (Phi) is 5.19. The standard InChI is InChI=1S/C20H27N/c1-6-21(7-2)20(18-13-11-15(3)12-14-18)19-16(4)9-8-10-17(19)5/h8-14,20H,6-7H2,1-5H3. The lowest BCUT2D eigenvalue weighted by molar-refractivity contribution is 0.249. The highest BCUT2D eigenvalue weighted by Gasteiger charge is 2.23. The molecule has 0 N–H and O–H groups in total. The van der Waals surface area contributed by atoms with Gasteiger partial charge in [-0.2, -0.15) is 0 Å². The second-order valence-corrected chi connectivity index (χ2v) is 5.84. The van der Waals surface area contributed by atoms with Gasteiger partial charge in [-0.15, -0.1) is 0 Å². The molecule has 1 heteroatoms. The molecule has 1 nitrogen and oxygen atoms in total. The van der Waals surface area contributed by atoms with Crippen LogP contribution in [-0.4, -0.2) is 18.0 Å². The minimum atomic E-state index is 0.349. The van der Waals surface area contributed by atoms with E-state index in [4.69, 9.17) is 0 Å². The first-order valence-corrected chi connectivity index (χ1v) is 7.95. The zero-order valence-corrected chi connectivity index (χ0v) is 14.0. The van der Waals surface area contributed by atoms with Crippen LogP contribution in [0.1, 0.15) is 47.7 Å². The van der Waals surface area contributed by atoms with Gasteiger partial charge in [0.05, 0.1) is 6.04 Å². The van der Waals surface area contributed by atoms with Crippen molar-refractivity contribution in [1.82, 2.24) is 4.90 Å². The summed E-state index contributed by atoms with van der Waals surface area (Å²) >= 11 is 0. The Hall–Kier alpha value is -1.60. The molecule has 0 saturated carbocycles. The molecule has 0 saturated heterocycles. The van der Waals surface area contributed by atoms with Gasteiger partial charge < -0.3 is 0 Å². The molecule has 1 unspecified atom stereocenters. The van der Waals surface area contributed by atoms with Gasteiger partial charge in [0.15, 0.2) is 0 Å². The molecule has 0 aliphatic carbocycles. The Morgan fingerprint density at radius 1 is 0.810 bits per heavy atom. The smallest absolute Gasteiger partial charge is 0.0606 e. The van der Waals surface area contributed by atoms with Gasteiger partial charge in [0, 0.05) is 0 Å². The molecule has 2 aromatic carbocycles. The third-order valence-corrected chi connectivity index (χ3v) is 4.39. The predicted octanol–water partition coefficient (Wildman–Crippen LogP) is 5.04. The fourth-order valence-corrected chi connectivity index (χ4v) is 3.16. The van der Waals surface area contributed by atoms with E-state index in [0.717, 1.165) is 13.1 Å². The molecule has 0 radical (unpaired) electrons. The highest BCUT2D eigenvalue weighted by molar-refractivity contribution is 5.42. The number of benzene rings is 2. The Bertz CT molecular complexity index is 559. The number of nitrogens with zero attached hydrogens (tertiary/aromatic N) is 1. The first-order valence-electron chi connectivity index (χ1n) is 7.95. The normalized spacial score (nSPS) is 12.7. The van der Waals surface area contributed by atoms with E-state index in [1.54, 1.807) is 0 Å². The summed E-state index contributed by atoms with van der Waals surface area (Å²) in [6, 6.07) is 16.0. The SMILES string of the molecule is CCN(CC)C(c1ccc(C)cc1)c1c(C)cccc1C. The van der Waals surface area contributed by atoms with Crippen molar-refractivity contribution in [3.8, 4) is 0 Å². The second kappa shape index (κ2) is 6.91. The van der Waals surface area contributed by atoms with E-state index in [-0.39, 0.29) is 0 Å². The summed E-state index contributed by atoms with van der Waals surface area (Å²) in [6.07, 6.45) is 0. The van der Waals surface area contributed by atoms with Gasteiger partial charge >= 0.3 is 0 Å². The zero-order chi connectivity index (χ0) is 15.4. The molecule has 112 valence electrons. The first kappa shape index (κ1) is 15.8. The van der Waals surface area contributed by atoms with Crippen molar-refractivity contribution in [2.75, 3.05) is 13.1 Å². The minimum Gasteiger partial charge on any atom is -0.293 e. The third-order valence-electron chi connectivity index (χ3n) is 4.39. The maximum absolute atomic E-state index is 2.54. The molecule has 2 rings (SSSR count). The van der Waals surface area contributed by atoms with Crippen LogP contribution in [0, 0.1) is 20.8 Å². The molecule has 0 fully saturated rings. The van der Waals surface area contributed by atoms with Crippen LogP contribution in [0.2, 0.25) is 0 Å². The highest BCUT2D eigenvalue weighted by atomic mass is 15.1. The fraction of sp³-hybridized carbons (Fsp3) is 0.400. The van der Waals surface area contributed by atoms with E-state index < -0.39 is 0 Å². The van der Waals surface area contributed by atoms with Crippen molar-refractivity contribution in [3.63, 3.8) is 0 Å². The highest BCUT2D eigenvalue weighted by Crippen LogP contribution is 2.33. The zero-order valence-electron chi connectivity index (χ0n) is 14.0. The van der Waals surface area contributed by atoms with Gasteiger partial charge in [-0.05, 0) is 56.1 Å². The van der Waals surface area contributed by atoms with Crippen LogP contribution in [0.3, 0.4) is 0 Å². The van der Waals surface area contributed by atoms with Gasteiger partial charge in [-0.3, -0.25) is 4.90 Å². The number of aryl methyl sites for hydroxylation is 3. The van der Waals surface area contributed by atoms with Crippen molar-refractivity contribution in [2.24, 2.45) is 0 Å². The monoisotopic (exact) mass is 281 g/mol. The molecule has 21 heavy (non-hydrogen) atoms. The Morgan fingerprint density at radius 2 is 1.33 bits per heavy atom. The van der Waals surface area contributed by atoms with Crippen LogP contribution < -0.4 is 0 Å². The average molecular weight is 281 g/mol. The molecule has 0 aliphatic heterocycles. The number of rotatable bonds is 5. The van der Waals surface area contributed by atoms with Crippen LogP contribution in [0.25, 0.3) is 0 Å². The summed E-state index contributed by atoms with van der Waals surface area (Å²) in [7, 11) is 0. The second-order valence-electron chi connectivity index (χ2n) is 5.84. The first-order chi connectivity index (χ1) is 10.1. The Labute approximate surface area is 129 Å². The van der Waals surface area contributed by atoms with Gasteiger partial charge in [0.2, 0.25) is 0 Å². The molecule has 0 aliphatic rings. The van der Waals surface area contributed by atoms with E-state index in [9.17, 15) is 0 Å². The number of hydrogen-bond donors (Lipinski definition) is 0. The molecular formula is C20H27N. The lowest BCUT2D eigenvalue weighted by Gasteiger charge is -2.33. The molecule has 0 bridgehead atoms. The molecular weight excluding hydrogens is 254 g/mol. The average Bonchev–Trinajstić information content (AvgIpc) is 2.47. The van der Waals surface area contributed by atoms with Crippen molar-refractivity contribution >= 4 is 0 Å². The summed E-state index contributed by atoms with van der Waals surface area (Å²) in [5.41, 5.74) is 6.94. The third kappa shape index (κ3) is 3.36. The lowest BCUT2D eigenvalue weighted by Crippen LogP contribution is -2.30. The van der Waals surface area contributed by atoms with Crippen LogP contribution in [0.5, 0.6) is 0 Å². The van der Waals surface area contributed by atoms with Gasteiger partial charge in [-0.25, -0.2) is 0 Å². The van der Waals surface area contributed by atoms with E-state index in [0.29, 0.717) is 6.04 Å². The molecule has 2 aromatic rings. The molecule has 0 amide bonds. The van der Waals surface area contributed by atoms with Gasteiger partial charge in [0.1, 0.15) is 0 Å². The van der Waals surface area contributed by atoms with Crippen LogP contribution >= 0.6 is 0 Å². The Balaban J connectivity index is 2.58. The molecule has 0 spiro atoms. The van der Waals surface area contributed by atoms with Crippen LogP contribution in [-0.2, 0) is 0 Å². The van der Waals surface area contributed by atoms with E-state index in [1.807, 2.05) is 0 Å².